The van der Waals surface area contributed by atoms with E-state index < -0.39 is 6.17 Å². The van der Waals surface area contributed by atoms with E-state index in [1.165, 1.54) is 0 Å². The Morgan fingerprint density at radius 3 is 2.36 bits per heavy atom. The summed E-state index contributed by atoms with van der Waals surface area (Å²) in [7, 11) is 0. The van der Waals surface area contributed by atoms with Crippen LogP contribution in [0.2, 0.25) is 0 Å². The quantitative estimate of drug-likeness (QED) is 0.582. The molecule has 1 aliphatic rings. The summed E-state index contributed by atoms with van der Waals surface area (Å²) in [6.45, 7) is 6.31. The molecule has 2 atom stereocenters. The van der Waals surface area contributed by atoms with Crippen molar-refractivity contribution in [3.8, 4) is 0 Å². The number of alkyl halides is 1. The highest BCUT2D eigenvalue weighted by Gasteiger charge is 2.32. The molecule has 0 bridgehead atoms. The molecule has 0 aromatic carbocycles. The van der Waals surface area contributed by atoms with Gasteiger partial charge in [0.2, 0.25) is 0 Å². The van der Waals surface area contributed by atoms with Gasteiger partial charge in [0, 0.05) is 0 Å². The first kappa shape index (κ1) is 8.94. The highest BCUT2D eigenvalue weighted by Crippen LogP contribution is 2.19. The Morgan fingerprint density at radius 2 is 2.00 bits per heavy atom. The molecule has 0 spiro atoms. The van der Waals surface area contributed by atoms with Crippen LogP contribution in [0.4, 0.5) is 4.39 Å². The average molecular weight is 162 g/mol. The van der Waals surface area contributed by atoms with Crippen LogP contribution in [-0.4, -0.2) is 31.1 Å². The van der Waals surface area contributed by atoms with Gasteiger partial charge in [-0.15, -0.1) is 0 Å². The van der Waals surface area contributed by atoms with E-state index in [1.54, 1.807) is 0 Å². The molecule has 3 heteroatoms. The molecule has 1 aliphatic heterocycles. The van der Waals surface area contributed by atoms with Gasteiger partial charge in [-0.1, -0.05) is 0 Å². The van der Waals surface area contributed by atoms with Crippen LogP contribution in [0.1, 0.15) is 20.8 Å². The van der Waals surface area contributed by atoms with Crippen LogP contribution in [0.25, 0.3) is 0 Å². The Morgan fingerprint density at radius 1 is 1.36 bits per heavy atom. The van der Waals surface area contributed by atoms with Gasteiger partial charge in [0.25, 0.3) is 0 Å². The summed E-state index contributed by atoms with van der Waals surface area (Å²) >= 11 is 0. The molecule has 0 N–H and O–H groups in total. The molecule has 0 amide bonds. The van der Waals surface area contributed by atoms with Crippen molar-refractivity contribution >= 4 is 0 Å². The van der Waals surface area contributed by atoms with Crippen LogP contribution in [0.3, 0.4) is 0 Å². The minimum Gasteiger partial charge on any atom is -0.376 e. The lowest BCUT2D eigenvalue weighted by atomic mass is 10.1. The fourth-order valence-corrected chi connectivity index (χ4v) is 1.07. The molecule has 0 radical (unpaired) electrons. The summed E-state index contributed by atoms with van der Waals surface area (Å²) in [6, 6.07) is 0. The Hall–Kier alpha value is -0.150. The van der Waals surface area contributed by atoms with Gasteiger partial charge >= 0.3 is 0 Å². The zero-order valence-corrected chi connectivity index (χ0v) is 7.26. The maximum atomic E-state index is 12.9. The summed E-state index contributed by atoms with van der Waals surface area (Å²) in [5.74, 6) is 0. The third-order valence-electron chi connectivity index (χ3n) is 1.47. The SMILES string of the molecule is CC(C)(C)OC1COCC1F. The molecule has 1 fully saturated rings. The Balaban J connectivity index is 2.37. The molecule has 1 heterocycles. The van der Waals surface area contributed by atoms with Crippen LogP contribution in [0, 0.1) is 0 Å². The fourth-order valence-electron chi connectivity index (χ4n) is 1.07. The van der Waals surface area contributed by atoms with Crippen LogP contribution >= 0.6 is 0 Å². The van der Waals surface area contributed by atoms with Crippen LogP contribution in [0.15, 0.2) is 0 Å². The first-order valence-corrected chi connectivity index (χ1v) is 3.89. The van der Waals surface area contributed by atoms with Gasteiger partial charge in [-0.2, -0.15) is 0 Å². The number of hydrogen-bond donors (Lipinski definition) is 0. The second kappa shape index (κ2) is 3.07. The molecule has 11 heavy (non-hydrogen) atoms. The number of halogens is 1. The van der Waals surface area contributed by atoms with E-state index >= 15 is 0 Å². The maximum Gasteiger partial charge on any atom is 0.152 e. The van der Waals surface area contributed by atoms with E-state index in [1.807, 2.05) is 20.8 Å². The lowest BCUT2D eigenvalue weighted by Gasteiger charge is -2.24. The maximum absolute atomic E-state index is 12.9. The molecule has 1 rings (SSSR count). The third-order valence-corrected chi connectivity index (χ3v) is 1.47. The van der Waals surface area contributed by atoms with Crippen molar-refractivity contribution in [3.05, 3.63) is 0 Å². The number of rotatable bonds is 1. The van der Waals surface area contributed by atoms with Crippen molar-refractivity contribution in [1.82, 2.24) is 0 Å². The van der Waals surface area contributed by atoms with E-state index in [2.05, 4.69) is 0 Å². The summed E-state index contributed by atoms with van der Waals surface area (Å²) in [6.07, 6.45) is -1.32. The Kier molecular flexibility index (Phi) is 2.50. The topological polar surface area (TPSA) is 18.5 Å². The largest absolute Gasteiger partial charge is 0.376 e. The van der Waals surface area contributed by atoms with Crippen LogP contribution in [0.5, 0.6) is 0 Å². The van der Waals surface area contributed by atoms with Crippen LogP contribution in [-0.2, 0) is 9.47 Å². The van der Waals surface area contributed by atoms with Crippen molar-refractivity contribution in [2.24, 2.45) is 0 Å². The van der Waals surface area contributed by atoms with Gasteiger partial charge in [-0.05, 0) is 20.8 Å². The van der Waals surface area contributed by atoms with E-state index in [-0.39, 0.29) is 18.3 Å². The minimum absolute atomic E-state index is 0.181. The van der Waals surface area contributed by atoms with E-state index in [9.17, 15) is 4.39 Å². The molecule has 0 aromatic heterocycles. The average Bonchev–Trinajstić information content (AvgIpc) is 2.12. The molecular formula is C8H15FO2. The first-order valence-electron chi connectivity index (χ1n) is 3.89. The van der Waals surface area contributed by atoms with Crippen molar-refractivity contribution in [2.45, 2.75) is 38.6 Å². The molecule has 2 unspecified atom stereocenters. The van der Waals surface area contributed by atoms with Gasteiger partial charge in [0.1, 0.15) is 6.10 Å². The predicted octanol–water partition coefficient (Wildman–Crippen LogP) is 1.54. The molecular weight excluding hydrogens is 147 g/mol. The van der Waals surface area contributed by atoms with Gasteiger partial charge in [-0.3, -0.25) is 0 Å². The predicted molar refractivity (Wildman–Crippen MR) is 40.3 cm³/mol. The van der Waals surface area contributed by atoms with Gasteiger partial charge in [0.15, 0.2) is 6.17 Å². The molecule has 0 aliphatic carbocycles. The second-order valence-corrected chi connectivity index (χ2v) is 3.82. The van der Waals surface area contributed by atoms with E-state index in [0.717, 1.165) is 0 Å². The minimum atomic E-state index is -0.950. The van der Waals surface area contributed by atoms with Gasteiger partial charge < -0.3 is 9.47 Å². The standard InChI is InChI=1S/C8H15FO2/c1-8(2,3)11-7-5-10-4-6(7)9/h6-7H,4-5H2,1-3H3. The van der Waals surface area contributed by atoms with Gasteiger partial charge in [0.05, 0.1) is 18.8 Å². The Labute approximate surface area is 66.7 Å². The molecule has 66 valence electrons. The van der Waals surface area contributed by atoms with Crippen molar-refractivity contribution in [3.63, 3.8) is 0 Å². The number of ether oxygens (including phenoxy) is 2. The number of hydrogen-bond acceptors (Lipinski definition) is 2. The van der Waals surface area contributed by atoms with E-state index in [0.29, 0.717) is 6.61 Å². The van der Waals surface area contributed by atoms with E-state index in [4.69, 9.17) is 9.47 Å². The van der Waals surface area contributed by atoms with Crippen molar-refractivity contribution in [2.75, 3.05) is 13.2 Å². The zero-order valence-electron chi connectivity index (χ0n) is 7.26. The van der Waals surface area contributed by atoms with Crippen molar-refractivity contribution in [1.29, 1.82) is 0 Å². The normalized spacial score (nSPS) is 32.7. The highest BCUT2D eigenvalue weighted by atomic mass is 19.1. The van der Waals surface area contributed by atoms with Crippen LogP contribution < -0.4 is 0 Å². The third kappa shape index (κ3) is 2.75. The van der Waals surface area contributed by atoms with Crippen molar-refractivity contribution < 1.29 is 13.9 Å². The zero-order chi connectivity index (χ0) is 8.48. The first-order chi connectivity index (χ1) is 4.99. The lowest BCUT2D eigenvalue weighted by molar-refractivity contribution is -0.0786. The second-order valence-electron chi connectivity index (χ2n) is 3.82. The Bertz CT molecular complexity index is 131. The molecule has 0 saturated carbocycles. The smallest absolute Gasteiger partial charge is 0.152 e. The summed E-state index contributed by atoms with van der Waals surface area (Å²) in [5.41, 5.74) is -0.275. The van der Waals surface area contributed by atoms with Gasteiger partial charge in [-0.25, -0.2) is 4.39 Å². The molecule has 0 aromatic rings. The highest BCUT2D eigenvalue weighted by molar-refractivity contribution is 4.77. The lowest BCUT2D eigenvalue weighted by Crippen LogP contribution is -2.33. The molecule has 2 nitrogen and oxygen atoms in total. The fraction of sp³-hybridized carbons (Fsp3) is 1.00. The monoisotopic (exact) mass is 162 g/mol. The summed E-state index contributed by atoms with van der Waals surface area (Å²) in [5, 5.41) is 0. The summed E-state index contributed by atoms with van der Waals surface area (Å²) < 4.78 is 23.2. The summed E-state index contributed by atoms with van der Waals surface area (Å²) in [4.78, 5) is 0. The molecule has 1 saturated heterocycles.